The number of carbonyl (C=O) groups is 1. The molecule has 1 aromatic carbocycles. The monoisotopic (exact) mass is 229 g/mol. The maximum atomic E-state index is 11.7. The summed E-state index contributed by atoms with van der Waals surface area (Å²) in [6.45, 7) is 0.969. The van der Waals surface area contributed by atoms with Crippen LogP contribution < -0.4 is 5.32 Å². The fraction of sp³-hybridized carbons (Fsp3) is 0.385. The Morgan fingerprint density at radius 1 is 1.41 bits per heavy atom. The van der Waals surface area contributed by atoms with Gasteiger partial charge >= 0.3 is 0 Å². The predicted molar refractivity (Wildman–Crippen MR) is 64.8 cm³/mol. The SMILES string of the molecule is N=C1c2ccccc2CN1CC(=O)NC1CC1. The highest BCUT2D eigenvalue weighted by atomic mass is 16.2. The van der Waals surface area contributed by atoms with Gasteiger partial charge in [0.1, 0.15) is 5.84 Å². The zero-order chi connectivity index (χ0) is 11.8. The van der Waals surface area contributed by atoms with Crippen LogP contribution in [0.5, 0.6) is 0 Å². The predicted octanol–water partition coefficient (Wildman–Crippen LogP) is 1.11. The van der Waals surface area contributed by atoms with Crippen LogP contribution in [0.1, 0.15) is 24.0 Å². The molecule has 1 aliphatic heterocycles. The second kappa shape index (κ2) is 3.87. The largest absolute Gasteiger partial charge is 0.352 e. The molecule has 0 aromatic heterocycles. The zero-order valence-electron chi connectivity index (χ0n) is 9.57. The Kier molecular flexibility index (Phi) is 2.35. The molecule has 0 saturated heterocycles. The van der Waals surface area contributed by atoms with Crippen LogP contribution in [0.2, 0.25) is 0 Å². The maximum Gasteiger partial charge on any atom is 0.239 e. The number of fused-ring (bicyclic) bond motifs is 1. The van der Waals surface area contributed by atoms with E-state index in [9.17, 15) is 4.79 Å². The van der Waals surface area contributed by atoms with Crippen LogP contribution in [0, 0.1) is 5.41 Å². The van der Waals surface area contributed by atoms with Crippen molar-refractivity contribution in [1.82, 2.24) is 10.2 Å². The number of carbonyl (C=O) groups excluding carboxylic acids is 1. The highest BCUT2D eigenvalue weighted by molar-refractivity contribution is 6.01. The summed E-state index contributed by atoms with van der Waals surface area (Å²) in [5.74, 6) is 0.497. The number of rotatable bonds is 3. The van der Waals surface area contributed by atoms with Crippen molar-refractivity contribution in [3.05, 3.63) is 35.4 Å². The third-order valence-corrected chi connectivity index (χ3v) is 3.23. The third kappa shape index (κ3) is 2.02. The lowest BCUT2D eigenvalue weighted by molar-refractivity contribution is -0.121. The second-order valence-corrected chi connectivity index (χ2v) is 4.70. The minimum Gasteiger partial charge on any atom is -0.352 e. The van der Waals surface area contributed by atoms with Gasteiger partial charge in [0.05, 0.1) is 6.54 Å². The van der Waals surface area contributed by atoms with Gasteiger partial charge in [0.2, 0.25) is 5.91 Å². The van der Waals surface area contributed by atoms with Crippen molar-refractivity contribution in [2.24, 2.45) is 0 Å². The van der Waals surface area contributed by atoms with Gasteiger partial charge < -0.3 is 10.2 Å². The molecule has 17 heavy (non-hydrogen) atoms. The normalized spacial score (nSPS) is 18.1. The Balaban J connectivity index is 1.66. The molecule has 1 heterocycles. The van der Waals surface area contributed by atoms with Gasteiger partial charge in [-0.15, -0.1) is 0 Å². The Morgan fingerprint density at radius 2 is 2.18 bits per heavy atom. The van der Waals surface area contributed by atoms with Crippen LogP contribution in [0.4, 0.5) is 0 Å². The van der Waals surface area contributed by atoms with Crippen LogP contribution in [0.15, 0.2) is 24.3 Å². The van der Waals surface area contributed by atoms with Gasteiger partial charge in [0.25, 0.3) is 0 Å². The highest BCUT2D eigenvalue weighted by Crippen LogP contribution is 2.22. The van der Waals surface area contributed by atoms with Gasteiger partial charge in [-0.25, -0.2) is 0 Å². The Hall–Kier alpha value is -1.84. The van der Waals surface area contributed by atoms with Crippen molar-refractivity contribution in [3.63, 3.8) is 0 Å². The summed E-state index contributed by atoms with van der Waals surface area (Å²) < 4.78 is 0. The van der Waals surface area contributed by atoms with Crippen molar-refractivity contribution in [2.75, 3.05) is 6.54 Å². The molecule has 0 radical (unpaired) electrons. The Morgan fingerprint density at radius 3 is 2.88 bits per heavy atom. The second-order valence-electron chi connectivity index (χ2n) is 4.70. The van der Waals surface area contributed by atoms with E-state index in [1.165, 1.54) is 0 Å². The molecule has 0 unspecified atom stereocenters. The van der Waals surface area contributed by atoms with Crippen LogP contribution in [-0.4, -0.2) is 29.2 Å². The zero-order valence-corrected chi connectivity index (χ0v) is 9.57. The van der Waals surface area contributed by atoms with Crippen molar-refractivity contribution < 1.29 is 4.79 Å². The quantitative estimate of drug-likeness (QED) is 0.815. The number of nitrogens with zero attached hydrogens (tertiary/aromatic N) is 1. The lowest BCUT2D eigenvalue weighted by Crippen LogP contribution is -2.38. The summed E-state index contributed by atoms with van der Waals surface area (Å²) in [7, 11) is 0. The average molecular weight is 229 g/mol. The van der Waals surface area contributed by atoms with E-state index in [2.05, 4.69) is 5.32 Å². The molecule has 2 N–H and O–H groups in total. The first-order valence-corrected chi connectivity index (χ1v) is 5.95. The molecule has 4 heteroatoms. The topological polar surface area (TPSA) is 56.2 Å². The minimum absolute atomic E-state index is 0.0325. The fourth-order valence-electron chi connectivity index (χ4n) is 2.15. The Bertz CT molecular complexity index is 479. The molecule has 1 aliphatic carbocycles. The van der Waals surface area contributed by atoms with E-state index in [-0.39, 0.29) is 5.91 Å². The molecular weight excluding hydrogens is 214 g/mol. The number of amidine groups is 1. The van der Waals surface area contributed by atoms with Gasteiger partial charge in [0, 0.05) is 18.2 Å². The molecule has 1 saturated carbocycles. The first-order valence-electron chi connectivity index (χ1n) is 5.95. The standard InChI is InChI=1S/C13H15N3O/c14-13-11-4-2-1-3-9(11)7-16(13)8-12(17)15-10-5-6-10/h1-4,10,14H,5-8H2,(H,15,17). The van der Waals surface area contributed by atoms with Crippen molar-refractivity contribution in [2.45, 2.75) is 25.4 Å². The highest BCUT2D eigenvalue weighted by Gasteiger charge is 2.28. The molecule has 0 atom stereocenters. The fourth-order valence-corrected chi connectivity index (χ4v) is 2.15. The van der Waals surface area contributed by atoms with Gasteiger partial charge in [-0.1, -0.05) is 24.3 Å². The summed E-state index contributed by atoms with van der Waals surface area (Å²) in [6, 6.07) is 8.25. The Labute approximate surface area is 100 Å². The summed E-state index contributed by atoms with van der Waals surface area (Å²) in [5.41, 5.74) is 2.09. The van der Waals surface area contributed by atoms with E-state index in [1.54, 1.807) is 0 Å². The van der Waals surface area contributed by atoms with Gasteiger partial charge in [-0.3, -0.25) is 10.2 Å². The van der Waals surface area contributed by atoms with Crippen LogP contribution in [0.3, 0.4) is 0 Å². The maximum absolute atomic E-state index is 11.7. The van der Waals surface area contributed by atoms with Gasteiger partial charge in [-0.2, -0.15) is 0 Å². The van der Waals surface area contributed by atoms with Gasteiger partial charge in [0.15, 0.2) is 0 Å². The number of hydrogen-bond acceptors (Lipinski definition) is 2. The van der Waals surface area contributed by atoms with Crippen molar-refractivity contribution in [3.8, 4) is 0 Å². The number of benzene rings is 1. The molecule has 0 spiro atoms. The summed E-state index contributed by atoms with van der Waals surface area (Å²) >= 11 is 0. The summed E-state index contributed by atoms with van der Waals surface area (Å²) in [5, 5.41) is 11.0. The molecule has 1 amide bonds. The van der Waals surface area contributed by atoms with E-state index in [0.29, 0.717) is 25.0 Å². The number of nitrogens with one attached hydrogen (secondary N) is 2. The van der Waals surface area contributed by atoms with E-state index in [1.807, 2.05) is 29.2 Å². The molecule has 3 rings (SSSR count). The van der Waals surface area contributed by atoms with E-state index < -0.39 is 0 Å². The lowest BCUT2D eigenvalue weighted by atomic mass is 10.1. The van der Waals surface area contributed by atoms with Crippen LogP contribution in [0.25, 0.3) is 0 Å². The number of hydrogen-bond donors (Lipinski definition) is 2. The summed E-state index contributed by atoms with van der Waals surface area (Å²) in [4.78, 5) is 13.5. The van der Waals surface area contributed by atoms with Crippen molar-refractivity contribution >= 4 is 11.7 Å². The molecule has 1 fully saturated rings. The van der Waals surface area contributed by atoms with E-state index in [4.69, 9.17) is 5.41 Å². The molecule has 88 valence electrons. The summed E-state index contributed by atoms with van der Waals surface area (Å²) in [6.07, 6.45) is 2.20. The molecule has 2 aliphatic rings. The molecule has 1 aromatic rings. The van der Waals surface area contributed by atoms with Crippen LogP contribution in [-0.2, 0) is 11.3 Å². The molecular formula is C13H15N3O. The smallest absolute Gasteiger partial charge is 0.239 e. The number of amides is 1. The van der Waals surface area contributed by atoms with E-state index >= 15 is 0 Å². The van der Waals surface area contributed by atoms with E-state index in [0.717, 1.165) is 24.0 Å². The molecule has 0 bridgehead atoms. The average Bonchev–Trinajstić information content (AvgIpc) is 3.06. The molecule has 4 nitrogen and oxygen atoms in total. The first-order chi connectivity index (χ1) is 8.24. The van der Waals surface area contributed by atoms with Crippen molar-refractivity contribution in [1.29, 1.82) is 5.41 Å². The van der Waals surface area contributed by atoms with Crippen LogP contribution >= 0.6 is 0 Å². The third-order valence-electron chi connectivity index (χ3n) is 3.23. The first kappa shape index (κ1) is 10.3. The lowest BCUT2D eigenvalue weighted by Gasteiger charge is -2.17. The van der Waals surface area contributed by atoms with Gasteiger partial charge in [-0.05, 0) is 18.4 Å². The minimum atomic E-state index is 0.0325.